The first kappa shape index (κ1) is 18.8. The molecule has 0 aromatic heterocycles. The van der Waals surface area contributed by atoms with Crippen LogP contribution >= 0.6 is 11.8 Å². The molecule has 1 heterocycles. The molecule has 2 N–H and O–H groups in total. The number of rotatable bonds is 8. The molecule has 1 aliphatic heterocycles. The van der Waals surface area contributed by atoms with Gasteiger partial charge in [-0.1, -0.05) is 18.2 Å². The second-order valence-corrected chi connectivity index (χ2v) is 7.16. The number of amides is 2. The molecule has 2 atom stereocenters. The Balaban J connectivity index is 1.99. The fourth-order valence-corrected chi connectivity index (χ4v) is 3.50. The summed E-state index contributed by atoms with van der Waals surface area (Å²) < 4.78 is 0. The van der Waals surface area contributed by atoms with Crippen LogP contribution in [0.2, 0.25) is 0 Å². The quantitative estimate of drug-likeness (QED) is 0.748. The van der Waals surface area contributed by atoms with Crippen LogP contribution in [0.5, 0.6) is 0 Å². The van der Waals surface area contributed by atoms with Crippen LogP contribution in [0.15, 0.2) is 30.3 Å². The van der Waals surface area contributed by atoms with Crippen molar-refractivity contribution < 1.29 is 9.59 Å². The fraction of sp³-hybridized carbons (Fsp3) is 0.556. The average molecular weight is 350 g/mol. The van der Waals surface area contributed by atoms with E-state index in [4.69, 9.17) is 0 Å². The minimum atomic E-state index is -0.446. The first-order valence-electron chi connectivity index (χ1n) is 8.44. The summed E-state index contributed by atoms with van der Waals surface area (Å²) in [6.45, 7) is 2.48. The third-order valence-electron chi connectivity index (χ3n) is 4.34. The summed E-state index contributed by atoms with van der Waals surface area (Å²) in [5.41, 5.74) is 0.592. The first-order chi connectivity index (χ1) is 11.7. The molecule has 0 spiro atoms. The molecular weight excluding hydrogens is 322 g/mol. The Labute approximate surface area is 148 Å². The molecule has 0 aliphatic carbocycles. The Bertz CT molecular complexity index is 538. The molecule has 1 fully saturated rings. The van der Waals surface area contributed by atoms with E-state index in [0.29, 0.717) is 17.9 Å². The Kier molecular flexibility index (Phi) is 7.59. The highest BCUT2D eigenvalue weighted by Gasteiger charge is 2.31. The van der Waals surface area contributed by atoms with Crippen LogP contribution in [-0.2, 0) is 4.79 Å². The molecular formula is C18H27N3O2S. The van der Waals surface area contributed by atoms with E-state index in [1.807, 2.05) is 36.4 Å². The van der Waals surface area contributed by atoms with E-state index < -0.39 is 6.04 Å². The van der Waals surface area contributed by atoms with Crippen LogP contribution in [0, 0.1) is 5.92 Å². The Hall–Kier alpha value is -1.53. The zero-order chi connectivity index (χ0) is 17.4. The summed E-state index contributed by atoms with van der Waals surface area (Å²) in [5, 5.41) is 6.11. The third-order valence-corrected chi connectivity index (χ3v) is 4.98. The molecule has 1 saturated heterocycles. The van der Waals surface area contributed by atoms with Gasteiger partial charge < -0.3 is 15.5 Å². The van der Waals surface area contributed by atoms with Gasteiger partial charge in [0.05, 0.1) is 0 Å². The van der Waals surface area contributed by atoms with Gasteiger partial charge in [-0.3, -0.25) is 9.59 Å². The number of thioether (sulfide) groups is 1. The van der Waals surface area contributed by atoms with E-state index >= 15 is 0 Å². The average Bonchev–Trinajstić information content (AvgIpc) is 3.07. The van der Waals surface area contributed by atoms with Gasteiger partial charge >= 0.3 is 0 Å². The SMILES string of the molecule is CNCC1CCN(C(=O)C(CCSC)NC(=O)c2ccccc2)C1. The maximum absolute atomic E-state index is 12.8. The van der Waals surface area contributed by atoms with Crippen molar-refractivity contribution in [2.45, 2.75) is 18.9 Å². The van der Waals surface area contributed by atoms with Gasteiger partial charge in [0, 0.05) is 18.7 Å². The van der Waals surface area contributed by atoms with E-state index in [-0.39, 0.29) is 11.8 Å². The smallest absolute Gasteiger partial charge is 0.251 e. The molecule has 2 rings (SSSR count). The largest absolute Gasteiger partial charge is 0.341 e. The van der Waals surface area contributed by atoms with Crippen LogP contribution in [-0.4, -0.2) is 61.4 Å². The van der Waals surface area contributed by atoms with Crippen molar-refractivity contribution in [3.63, 3.8) is 0 Å². The van der Waals surface area contributed by atoms with Crippen molar-refractivity contribution in [1.82, 2.24) is 15.5 Å². The van der Waals surface area contributed by atoms with Gasteiger partial charge in [-0.25, -0.2) is 0 Å². The van der Waals surface area contributed by atoms with Gasteiger partial charge in [0.1, 0.15) is 6.04 Å². The molecule has 1 aliphatic rings. The van der Waals surface area contributed by atoms with E-state index in [0.717, 1.165) is 31.8 Å². The van der Waals surface area contributed by atoms with Crippen molar-refractivity contribution in [3.05, 3.63) is 35.9 Å². The van der Waals surface area contributed by atoms with Crippen LogP contribution in [0.1, 0.15) is 23.2 Å². The highest BCUT2D eigenvalue weighted by atomic mass is 32.2. The first-order valence-corrected chi connectivity index (χ1v) is 9.83. The topological polar surface area (TPSA) is 61.4 Å². The molecule has 2 unspecified atom stereocenters. The summed E-state index contributed by atoms with van der Waals surface area (Å²) in [4.78, 5) is 27.2. The number of nitrogens with zero attached hydrogens (tertiary/aromatic N) is 1. The van der Waals surface area contributed by atoms with Gasteiger partial charge in [-0.15, -0.1) is 0 Å². The van der Waals surface area contributed by atoms with Crippen molar-refractivity contribution in [3.8, 4) is 0 Å². The standard InChI is InChI=1S/C18H27N3O2S/c1-19-12-14-8-10-21(13-14)18(23)16(9-11-24-2)20-17(22)15-6-4-3-5-7-15/h3-7,14,16,19H,8-13H2,1-2H3,(H,20,22). The summed E-state index contributed by atoms with van der Waals surface area (Å²) >= 11 is 1.69. The molecule has 0 saturated carbocycles. The lowest BCUT2D eigenvalue weighted by Crippen LogP contribution is -2.48. The highest BCUT2D eigenvalue weighted by molar-refractivity contribution is 7.98. The molecule has 132 valence electrons. The van der Waals surface area contributed by atoms with Gasteiger partial charge in [-0.2, -0.15) is 11.8 Å². The summed E-state index contributed by atoms with van der Waals surface area (Å²) in [6, 6.07) is 8.62. The number of likely N-dealkylation sites (tertiary alicyclic amines) is 1. The lowest BCUT2D eigenvalue weighted by Gasteiger charge is -2.24. The van der Waals surface area contributed by atoms with E-state index in [9.17, 15) is 9.59 Å². The fourth-order valence-electron chi connectivity index (χ4n) is 3.03. The second kappa shape index (κ2) is 9.69. The second-order valence-electron chi connectivity index (χ2n) is 6.17. The van der Waals surface area contributed by atoms with Crippen LogP contribution < -0.4 is 10.6 Å². The molecule has 24 heavy (non-hydrogen) atoms. The molecule has 2 amide bonds. The normalized spacial score (nSPS) is 18.4. The Morgan fingerprint density at radius 2 is 2.08 bits per heavy atom. The van der Waals surface area contributed by atoms with Crippen molar-refractivity contribution in [2.24, 2.45) is 5.92 Å². The summed E-state index contributed by atoms with van der Waals surface area (Å²) in [5.74, 6) is 1.22. The Morgan fingerprint density at radius 1 is 1.33 bits per heavy atom. The van der Waals surface area contributed by atoms with E-state index in [1.54, 1.807) is 23.9 Å². The number of nitrogens with one attached hydrogen (secondary N) is 2. The molecule has 0 radical (unpaired) electrons. The van der Waals surface area contributed by atoms with Gasteiger partial charge in [0.2, 0.25) is 5.91 Å². The maximum Gasteiger partial charge on any atom is 0.251 e. The maximum atomic E-state index is 12.8. The predicted octanol–water partition coefficient (Wildman–Crippen LogP) is 1.61. The summed E-state index contributed by atoms with van der Waals surface area (Å²) in [6.07, 6.45) is 3.69. The van der Waals surface area contributed by atoms with Gasteiger partial charge in [-0.05, 0) is 56.5 Å². The van der Waals surface area contributed by atoms with Gasteiger partial charge in [0.25, 0.3) is 5.91 Å². The lowest BCUT2D eigenvalue weighted by atomic mass is 10.1. The van der Waals surface area contributed by atoms with Crippen LogP contribution in [0.25, 0.3) is 0 Å². The molecule has 1 aromatic carbocycles. The lowest BCUT2D eigenvalue weighted by molar-refractivity contribution is -0.132. The van der Waals surface area contributed by atoms with Crippen molar-refractivity contribution in [2.75, 3.05) is 38.7 Å². The number of hydrogen-bond donors (Lipinski definition) is 2. The minimum absolute atomic E-state index is 0.0481. The molecule has 6 heteroatoms. The van der Waals surface area contributed by atoms with E-state index in [1.165, 1.54) is 0 Å². The molecule has 5 nitrogen and oxygen atoms in total. The highest BCUT2D eigenvalue weighted by Crippen LogP contribution is 2.17. The summed E-state index contributed by atoms with van der Waals surface area (Å²) in [7, 11) is 1.94. The molecule has 1 aromatic rings. The van der Waals surface area contributed by atoms with Crippen LogP contribution in [0.3, 0.4) is 0 Å². The van der Waals surface area contributed by atoms with Crippen LogP contribution in [0.4, 0.5) is 0 Å². The zero-order valence-corrected chi connectivity index (χ0v) is 15.3. The molecule has 0 bridgehead atoms. The number of carbonyl (C=O) groups excluding carboxylic acids is 2. The number of hydrogen-bond acceptors (Lipinski definition) is 4. The van der Waals surface area contributed by atoms with Crippen molar-refractivity contribution >= 4 is 23.6 Å². The number of carbonyl (C=O) groups is 2. The number of benzene rings is 1. The predicted molar refractivity (Wildman–Crippen MR) is 99.3 cm³/mol. The Morgan fingerprint density at radius 3 is 2.75 bits per heavy atom. The zero-order valence-electron chi connectivity index (χ0n) is 14.5. The van der Waals surface area contributed by atoms with E-state index in [2.05, 4.69) is 10.6 Å². The van der Waals surface area contributed by atoms with Crippen molar-refractivity contribution in [1.29, 1.82) is 0 Å². The minimum Gasteiger partial charge on any atom is -0.341 e. The van der Waals surface area contributed by atoms with Gasteiger partial charge in [0.15, 0.2) is 0 Å². The third kappa shape index (κ3) is 5.24. The monoisotopic (exact) mass is 349 g/mol.